The van der Waals surface area contributed by atoms with Crippen molar-refractivity contribution in [2.24, 2.45) is 4.99 Å². The number of pyridine rings is 1. The number of nitrogens with one attached hydrogen (secondary N) is 3. The molecule has 0 bridgehead atoms. The normalized spacial score (nSPS) is 14.0. The number of aliphatic imine (C=N–C) groups is 1. The number of halogens is 1. The van der Waals surface area contributed by atoms with Gasteiger partial charge in [-0.3, -0.25) is 19.3 Å². The molecule has 0 fully saturated rings. The Bertz CT molecular complexity index is 1030. The number of benzene rings is 1. The number of aromatic nitrogens is 1. The highest BCUT2D eigenvalue weighted by atomic mass is 35.5. The lowest BCUT2D eigenvalue weighted by molar-refractivity contribution is 0.102. The average Bonchev–Trinajstić information content (AvgIpc) is 3.06. The van der Waals surface area contributed by atoms with Crippen LogP contribution in [0.4, 0.5) is 5.69 Å². The maximum Gasteiger partial charge on any atom is 0.263 e. The van der Waals surface area contributed by atoms with Gasteiger partial charge in [0.05, 0.1) is 11.4 Å². The Morgan fingerprint density at radius 1 is 1.23 bits per heavy atom. The fourth-order valence-electron chi connectivity index (χ4n) is 2.13. The molecule has 0 unspecified atom stereocenters. The van der Waals surface area contributed by atoms with Gasteiger partial charge in [0.25, 0.3) is 15.9 Å². The number of carbonyl (C=O) groups is 1. The third-order valence-corrected chi connectivity index (χ3v) is 5.88. The highest BCUT2D eigenvalue weighted by Gasteiger charge is 2.18. The van der Waals surface area contributed by atoms with Crippen LogP contribution in [0.3, 0.4) is 0 Å². The van der Waals surface area contributed by atoms with Gasteiger partial charge in [-0.1, -0.05) is 23.4 Å². The second-order valence-electron chi connectivity index (χ2n) is 5.20. The SMILES string of the molecule is O=C(Nc1ccc(S(=O)(=O)NC2=NCCS2)cc1)c1cc(Cl)[nH]c(=O)c1. The molecule has 2 heterocycles. The standard InChI is InChI=1S/C15H13ClN4O4S2/c16-12-7-9(8-13(21)19-12)14(22)18-10-1-3-11(4-2-10)26(23,24)20-15-17-5-6-25-15/h1-4,7-8H,5-6H2,(H,17,20)(H,18,22)(H,19,21). The Kier molecular flexibility index (Phi) is 5.35. The van der Waals surface area contributed by atoms with E-state index in [0.717, 1.165) is 11.8 Å². The summed E-state index contributed by atoms with van der Waals surface area (Å²) in [7, 11) is -3.73. The van der Waals surface area contributed by atoms with Gasteiger partial charge in [-0.2, -0.15) is 0 Å². The second-order valence-corrected chi connectivity index (χ2v) is 8.37. The second kappa shape index (κ2) is 7.52. The van der Waals surface area contributed by atoms with Crippen LogP contribution in [0.25, 0.3) is 0 Å². The molecule has 0 spiro atoms. The minimum atomic E-state index is -3.73. The fraction of sp³-hybridized carbons (Fsp3) is 0.133. The first kappa shape index (κ1) is 18.5. The number of aromatic amines is 1. The highest BCUT2D eigenvalue weighted by Crippen LogP contribution is 2.17. The van der Waals surface area contributed by atoms with E-state index in [9.17, 15) is 18.0 Å². The van der Waals surface area contributed by atoms with Crippen molar-refractivity contribution in [3.8, 4) is 0 Å². The predicted octanol–water partition coefficient (Wildman–Crippen LogP) is 1.66. The van der Waals surface area contributed by atoms with Crippen molar-refractivity contribution >= 4 is 50.1 Å². The third-order valence-electron chi connectivity index (χ3n) is 3.30. The Hall–Kier alpha value is -2.30. The largest absolute Gasteiger partial charge is 0.322 e. The van der Waals surface area contributed by atoms with Gasteiger partial charge in [-0.05, 0) is 30.3 Å². The molecule has 0 saturated heterocycles. The number of nitrogens with zero attached hydrogens (tertiary/aromatic N) is 1. The molecule has 0 aliphatic carbocycles. The molecule has 136 valence electrons. The van der Waals surface area contributed by atoms with E-state index in [2.05, 4.69) is 20.0 Å². The van der Waals surface area contributed by atoms with Gasteiger partial charge in [-0.15, -0.1) is 0 Å². The van der Waals surface area contributed by atoms with Gasteiger partial charge in [0, 0.05) is 23.1 Å². The number of hydrogen-bond donors (Lipinski definition) is 3. The van der Waals surface area contributed by atoms with Crippen LogP contribution in [0.1, 0.15) is 10.4 Å². The summed E-state index contributed by atoms with van der Waals surface area (Å²) in [6.45, 7) is 0.583. The van der Waals surface area contributed by atoms with Crippen molar-refractivity contribution in [1.82, 2.24) is 9.71 Å². The summed E-state index contributed by atoms with van der Waals surface area (Å²) in [5.74, 6) is 0.207. The quantitative estimate of drug-likeness (QED) is 0.659. The summed E-state index contributed by atoms with van der Waals surface area (Å²) in [5.41, 5.74) is -0.0332. The van der Waals surface area contributed by atoms with Gasteiger partial charge in [0.2, 0.25) is 5.56 Å². The van der Waals surface area contributed by atoms with Crippen molar-refractivity contribution in [3.63, 3.8) is 0 Å². The van der Waals surface area contributed by atoms with Gasteiger partial charge in [-0.25, -0.2) is 8.42 Å². The first-order valence-corrected chi connectivity index (χ1v) is 10.2. The summed E-state index contributed by atoms with van der Waals surface area (Å²) in [6, 6.07) is 8.06. The summed E-state index contributed by atoms with van der Waals surface area (Å²) < 4.78 is 27.0. The van der Waals surface area contributed by atoms with E-state index in [0.29, 0.717) is 17.4 Å². The smallest absolute Gasteiger partial charge is 0.263 e. The van der Waals surface area contributed by atoms with Crippen LogP contribution >= 0.6 is 23.4 Å². The van der Waals surface area contributed by atoms with E-state index in [1.807, 2.05) is 0 Å². The zero-order chi connectivity index (χ0) is 18.7. The molecule has 1 aliphatic heterocycles. The van der Waals surface area contributed by atoms with Crippen molar-refractivity contribution in [2.75, 3.05) is 17.6 Å². The van der Waals surface area contributed by atoms with Gasteiger partial charge in [0.1, 0.15) is 5.15 Å². The molecule has 26 heavy (non-hydrogen) atoms. The molecule has 3 N–H and O–H groups in total. The lowest BCUT2D eigenvalue weighted by Crippen LogP contribution is -2.27. The average molecular weight is 413 g/mol. The number of anilines is 1. The van der Waals surface area contributed by atoms with Crippen LogP contribution in [0, 0.1) is 0 Å². The van der Waals surface area contributed by atoms with Crippen molar-refractivity contribution in [3.05, 3.63) is 57.5 Å². The Labute approximate surface area is 158 Å². The van der Waals surface area contributed by atoms with Gasteiger partial charge < -0.3 is 10.3 Å². The van der Waals surface area contributed by atoms with Crippen LogP contribution < -0.4 is 15.6 Å². The topological polar surface area (TPSA) is 120 Å². The maximum absolute atomic E-state index is 12.3. The van der Waals surface area contributed by atoms with Crippen LogP contribution in [0.15, 0.2) is 51.1 Å². The number of sulfonamides is 1. The number of rotatable bonds is 4. The highest BCUT2D eigenvalue weighted by molar-refractivity contribution is 8.15. The van der Waals surface area contributed by atoms with Gasteiger partial charge >= 0.3 is 0 Å². The molecule has 0 saturated carbocycles. The number of carbonyl (C=O) groups excluding carboxylic acids is 1. The number of H-pyrrole nitrogens is 1. The molecule has 1 aliphatic rings. The minimum absolute atomic E-state index is 0.0443. The first-order chi connectivity index (χ1) is 12.3. The monoisotopic (exact) mass is 412 g/mol. The molecule has 1 aromatic carbocycles. The number of amidine groups is 1. The van der Waals surface area contributed by atoms with E-state index in [1.54, 1.807) is 0 Å². The summed E-state index contributed by atoms with van der Waals surface area (Å²) in [5, 5.41) is 2.98. The van der Waals surface area contributed by atoms with Crippen LogP contribution in [0.2, 0.25) is 5.15 Å². The van der Waals surface area contributed by atoms with Crippen molar-refractivity contribution < 1.29 is 13.2 Å². The number of amides is 1. The molecule has 8 nitrogen and oxygen atoms in total. The van der Waals surface area contributed by atoms with E-state index in [4.69, 9.17) is 11.6 Å². The summed E-state index contributed by atoms with van der Waals surface area (Å²) in [4.78, 5) is 29.9. The lowest BCUT2D eigenvalue weighted by Gasteiger charge is -2.09. The van der Waals surface area contributed by atoms with Crippen LogP contribution in [-0.4, -0.2) is 36.8 Å². The molecule has 0 radical (unpaired) electrons. The van der Waals surface area contributed by atoms with E-state index >= 15 is 0 Å². The van der Waals surface area contributed by atoms with E-state index < -0.39 is 21.5 Å². The molecular formula is C15H13ClN4O4S2. The van der Waals surface area contributed by atoms with Crippen LogP contribution in [0.5, 0.6) is 0 Å². The Morgan fingerprint density at radius 3 is 2.58 bits per heavy atom. The summed E-state index contributed by atoms with van der Waals surface area (Å²) >= 11 is 7.06. The zero-order valence-electron chi connectivity index (χ0n) is 13.2. The number of thioether (sulfide) groups is 1. The minimum Gasteiger partial charge on any atom is -0.322 e. The molecule has 0 atom stereocenters. The maximum atomic E-state index is 12.3. The van der Waals surface area contributed by atoms with Crippen LogP contribution in [-0.2, 0) is 10.0 Å². The molecule has 2 aromatic rings. The lowest BCUT2D eigenvalue weighted by atomic mass is 10.2. The Balaban J connectivity index is 1.73. The molecule has 3 rings (SSSR count). The van der Waals surface area contributed by atoms with E-state index in [1.165, 1.54) is 42.1 Å². The van der Waals surface area contributed by atoms with Crippen molar-refractivity contribution in [2.45, 2.75) is 4.90 Å². The number of hydrogen-bond acceptors (Lipinski definition) is 6. The first-order valence-electron chi connectivity index (χ1n) is 7.35. The molecular weight excluding hydrogens is 400 g/mol. The molecule has 11 heteroatoms. The predicted molar refractivity (Wildman–Crippen MR) is 102 cm³/mol. The van der Waals surface area contributed by atoms with E-state index in [-0.39, 0.29) is 15.6 Å². The Morgan fingerprint density at radius 2 is 1.96 bits per heavy atom. The summed E-state index contributed by atoms with van der Waals surface area (Å²) in [6.07, 6.45) is 0. The molecule has 1 amide bonds. The van der Waals surface area contributed by atoms with Crippen molar-refractivity contribution in [1.29, 1.82) is 0 Å². The molecule has 1 aromatic heterocycles. The third kappa shape index (κ3) is 4.45. The fourth-order valence-corrected chi connectivity index (χ4v) is 4.37. The zero-order valence-corrected chi connectivity index (χ0v) is 15.5. The van der Waals surface area contributed by atoms with Gasteiger partial charge in [0.15, 0.2) is 5.17 Å².